The molecule has 5 heteroatoms. The van der Waals surface area contributed by atoms with Crippen LogP contribution in [0.15, 0.2) is 35.2 Å². The Balaban J connectivity index is 1.49. The van der Waals surface area contributed by atoms with Crippen molar-refractivity contribution >= 4 is 23.7 Å². The zero-order valence-corrected chi connectivity index (χ0v) is 14.6. The highest BCUT2D eigenvalue weighted by Gasteiger charge is 2.41. The van der Waals surface area contributed by atoms with Gasteiger partial charge in [0.05, 0.1) is 0 Å². The molecule has 4 atom stereocenters. The molecule has 2 aliphatic rings. The Kier molecular flexibility index (Phi) is 5.59. The van der Waals surface area contributed by atoms with E-state index >= 15 is 0 Å². The van der Waals surface area contributed by atoms with E-state index in [1.165, 1.54) is 31.8 Å². The molecular formula is C19H23F2NOS. The van der Waals surface area contributed by atoms with Crippen LogP contribution in [0, 0.1) is 17.8 Å². The second kappa shape index (κ2) is 7.68. The number of hydrogen-bond donors (Lipinski definition) is 1. The Bertz CT molecular complexity index is 602. The lowest BCUT2D eigenvalue weighted by atomic mass is 9.84. The van der Waals surface area contributed by atoms with Gasteiger partial charge in [-0.1, -0.05) is 30.3 Å². The first-order chi connectivity index (χ1) is 11.5. The van der Waals surface area contributed by atoms with E-state index < -0.39 is 5.76 Å². The summed E-state index contributed by atoms with van der Waals surface area (Å²) in [5.41, 5.74) is 0.830. The molecule has 2 fully saturated rings. The largest absolute Gasteiger partial charge is 0.350 e. The Morgan fingerprint density at radius 3 is 2.58 bits per heavy atom. The molecule has 2 saturated carbocycles. The monoisotopic (exact) mass is 351 g/mol. The van der Waals surface area contributed by atoms with Crippen molar-refractivity contribution in [3.05, 3.63) is 35.9 Å². The minimum atomic E-state index is -2.41. The van der Waals surface area contributed by atoms with Crippen LogP contribution in [0.5, 0.6) is 0 Å². The average molecular weight is 351 g/mol. The zero-order valence-electron chi connectivity index (χ0n) is 13.8. The molecule has 2 aliphatic carbocycles. The predicted octanol–water partition coefficient (Wildman–Crippen LogP) is 4.96. The van der Waals surface area contributed by atoms with Gasteiger partial charge in [0.1, 0.15) is 0 Å². The van der Waals surface area contributed by atoms with Crippen molar-refractivity contribution in [2.24, 2.45) is 17.8 Å². The lowest BCUT2D eigenvalue weighted by Gasteiger charge is -2.28. The quantitative estimate of drug-likeness (QED) is 0.580. The van der Waals surface area contributed by atoms with Crippen molar-refractivity contribution in [2.45, 2.75) is 49.3 Å². The number of carbonyl (C=O) groups excluding carboxylic acids is 1. The molecule has 0 radical (unpaired) electrons. The number of carbonyl (C=O) groups is 1. The molecular weight excluding hydrogens is 328 g/mol. The maximum absolute atomic E-state index is 12.3. The fourth-order valence-electron chi connectivity index (χ4n) is 4.22. The highest BCUT2D eigenvalue weighted by atomic mass is 32.2. The highest BCUT2D eigenvalue weighted by molar-refractivity contribution is 7.99. The van der Waals surface area contributed by atoms with Gasteiger partial charge in [0.25, 0.3) is 5.76 Å². The van der Waals surface area contributed by atoms with Gasteiger partial charge in [-0.15, -0.1) is 0 Å². The van der Waals surface area contributed by atoms with E-state index in [0.29, 0.717) is 22.6 Å². The van der Waals surface area contributed by atoms with Gasteiger partial charge in [0.2, 0.25) is 5.91 Å². The first-order valence-electron chi connectivity index (χ1n) is 8.54. The van der Waals surface area contributed by atoms with E-state index in [9.17, 15) is 13.6 Å². The second-order valence-corrected chi connectivity index (χ2v) is 7.98. The normalized spacial score (nSPS) is 27.1. The number of rotatable bonds is 6. The van der Waals surface area contributed by atoms with E-state index in [4.69, 9.17) is 0 Å². The van der Waals surface area contributed by atoms with Crippen LogP contribution in [0.2, 0.25) is 0 Å². The molecule has 0 aromatic heterocycles. The number of amides is 1. The summed E-state index contributed by atoms with van der Waals surface area (Å²) >= 11 is 0.523. The van der Waals surface area contributed by atoms with Crippen molar-refractivity contribution < 1.29 is 13.6 Å². The molecule has 0 heterocycles. The van der Waals surface area contributed by atoms with Crippen LogP contribution >= 0.6 is 11.8 Å². The Morgan fingerprint density at radius 2 is 2.00 bits per heavy atom. The van der Waals surface area contributed by atoms with Crippen molar-refractivity contribution in [2.75, 3.05) is 0 Å². The summed E-state index contributed by atoms with van der Waals surface area (Å²) < 4.78 is 24.6. The molecule has 130 valence electrons. The van der Waals surface area contributed by atoms with E-state index in [-0.39, 0.29) is 11.9 Å². The molecule has 3 rings (SSSR count). The molecule has 4 unspecified atom stereocenters. The van der Waals surface area contributed by atoms with Gasteiger partial charge in [-0.05, 0) is 67.7 Å². The van der Waals surface area contributed by atoms with Gasteiger partial charge >= 0.3 is 0 Å². The molecule has 2 nitrogen and oxygen atoms in total. The average Bonchev–Trinajstić information content (AvgIpc) is 3.17. The number of thioether (sulfide) groups is 1. The molecule has 1 aromatic carbocycles. The van der Waals surface area contributed by atoms with E-state index in [1.54, 1.807) is 30.3 Å². The molecule has 0 saturated heterocycles. The SMILES string of the molecule is CC(NC(=O)C=Cc1ccc(SC(F)F)cc1)C1CC2CCC1C2. The lowest BCUT2D eigenvalue weighted by molar-refractivity contribution is -0.117. The van der Waals surface area contributed by atoms with Crippen LogP contribution < -0.4 is 5.32 Å². The number of benzene rings is 1. The maximum atomic E-state index is 12.3. The summed E-state index contributed by atoms with van der Waals surface area (Å²) in [5, 5.41) is 3.09. The van der Waals surface area contributed by atoms with Crippen molar-refractivity contribution in [3.63, 3.8) is 0 Å². The topological polar surface area (TPSA) is 29.1 Å². The van der Waals surface area contributed by atoms with Gasteiger partial charge in [-0.3, -0.25) is 4.79 Å². The van der Waals surface area contributed by atoms with Crippen LogP contribution in [0.4, 0.5) is 8.78 Å². The van der Waals surface area contributed by atoms with Gasteiger partial charge in [0.15, 0.2) is 0 Å². The van der Waals surface area contributed by atoms with Crippen LogP contribution in [0.3, 0.4) is 0 Å². The summed E-state index contributed by atoms with van der Waals surface area (Å²) in [6.45, 7) is 2.10. The summed E-state index contributed by atoms with van der Waals surface area (Å²) in [6.07, 6.45) is 8.51. The molecule has 24 heavy (non-hydrogen) atoms. The Morgan fingerprint density at radius 1 is 1.25 bits per heavy atom. The Hall–Kier alpha value is -1.36. The molecule has 2 bridgehead atoms. The summed E-state index contributed by atoms with van der Waals surface area (Å²) in [6, 6.07) is 6.99. The van der Waals surface area contributed by atoms with Crippen molar-refractivity contribution in [1.29, 1.82) is 0 Å². The fourth-order valence-corrected chi connectivity index (χ4v) is 4.72. The number of nitrogens with one attached hydrogen (secondary N) is 1. The van der Waals surface area contributed by atoms with Crippen LogP contribution in [0.25, 0.3) is 6.08 Å². The lowest BCUT2D eigenvalue weighted by Crippen LogP contribution is -2.39. The fraction of sp³-hybridized carbons (Fsp3) is 0.526. The second-order valence-electron chi connectivity index (χ2n) is 6.92. The van der Waals surface area contributed by atoms with Crippen LogP contribution in [0.1, 0.15) is 38.2 Å². The van der Waals surface area contributed by atoms with Gasteiger partial charge < -0.3 is 5.32 Å². The highest BCUT2D eigenvalue weighted by Crippen LogP contribution is 2.49. The molecule has 0 aliphatic heterocycles. The molecule has 0 spiro atoms. The predicted molar refractivity (Wildman–Crippen MR) is 93.9 cm³/mol. The maximum Gasteiger partial charge on any atom is 0.288 e. The van der Waals surface area contributed by atoms with Gasteiger partial charge in [0, 0.05) is 17.0 Å². The number of hydrogen-bond acceptors (Lipinski definition) is 2. The third-order valence-electron chi connectivity index (χ3n) is 5.34. The molecule has 1 amide bonds. The summed E-state index contributed by atoms with van der Waals surface area (Å²) in [4.78, 5) is 12.6. The third kappa shape index (κ3) is 4.38. The minimum absolute atomic E-state index is 0.0868. The van der Waals surface area contributed by atoms with E-state index in [1.807, 2.05) is 0 Å². The molecule has 1 N–H and O–H groups in total. The minimum Gasteiger partial charge on any atom is -0.350 e. The zero-order chi connectivity index (χ0) is 17.1. The standard InChI is InChI=1S/C19H23F2NOS/c1-12(17-11-14-2-6-15(17)10-14)22-18(23)9-5-13-3-7-16(8-4-13)24-19(20)21/h3-5,7-9,12,14-15,17,19H,2,6,10-11H2,1H3,(H,22,23). The first kappa shape index (κ1) is 17.5. The van der Waals surface area contributed by atoms with Crippen LogP contribution in [-0.2, 0) is 4.79 Å². The van der Waals surface area contributed by atoms with Gasteiger partial charge in [-0.2, -0.15) is 8.78 Å². The van der Waals surface area contributed by atoms with Crippen molar-refractivity contribution in [3.8, 4) is 0 Å². The van der Waals surface area contributed by atoms with Crippen molar-refractivity contribution in [1.82, 2.24) is 5.32 Å². The van der Waals surface area contributed by atoms with Crippen LogP contribution in [-0.4, -0.2) is 17.7 Å². The Labute approximate surface area is 146 Å². The molecule has 1 aromatic rings. The number of alkyl halides is 2. The summed E-state index contributed by atoms with van der Waals surface area (Å²) in [7, 11) is 0. The third-order valence-corrected chi connectivity index (χ3v) is 6.06. The van der Waals surface area contributed by atoms with E-state index in [0.717, 1.165) is 17.4 Å². The number of halogens is 2. The summed E-state index contributed by atoms with van der Waals surface area (Å²) in [5.74, 6) is -0.221. The van der Waals surface area contributed by atoms with E-state index in [2.05, 4.69) is 12.2 Å². The van der Waals surface area contributed by atoms with Gasteiger partial charge in [-0.25, -0.2) is 0 Å². The number of fused-ring (bicyclic) bond motifs is 2. The smallest absolute Gasteiger partial charge is 0.288 e. The first-order valence-corrected chi connectivity index (χ1v) is 9.42.